The Bertz CT molecular complexity index is 1310. The Balaban J connectivity index is 1.69. The fraction of sp³-hybridized carbons (Fsp3) is 0.0833. The Morgan fingerprint density at radius 1 is 1.24 bits per heavy atom. The third kappa shape index (κ3) is 5.42. The van der Waals surface area contributed by atoms with Crippen molar-refractivity contribution in [2.75, 3.05) is 11.9 Å². The molecule has 7 nitrogen and oxygen atoms in total. The Labute approximate surface area is 194 Å². The number of hydrogen-bond acceptors (Lipinski definition) is 6. The van der Waals surface area contributed by atoms with Crippen LogP contribution in [0.3, 0.4) is 0 Å². The number of carbonyl (C=O) groups excluding carboxylic acids is 1. The molecular weight excluding hydrogens is 445 g/mol. The highest BCUT2D eigenvalue weighted by Crippen LogP contribution is 2.28. The molecule has 0 aliphatic heterocycles. The summed E-state index contributed by atoms with van der Waals surface area (Å²) in [6, 6.07) is 13.6. The summed E-state index contributed by atoms with van der Waals surface area (Å²) in [4.78, 5) is 20.7. The van der Waals surface area contributed by atoms with Crippen LogP contribution in [0.1, 0.15) is 12.5 Å². The Kier molecular flexibility index (Phi) is 6.75. The molecule has 0 spiro atoms. The van der Waals surface area contributed by atoms with Crippen molar-refractivity contribution >= 4 is 35.3 Å². The summed E-state index contributed by atoms with van der Waals surface area (Å²) in [6.07, 6.45) is 8.16. The first kappa shape index (κ1) is 22.2. The van der Waals surface area contributed by atoms with Crippen molar-refractivity contribution < 1.29 is 13.9 Å². The van der Waals surface area contributed by atoms with Gasteiger partial charge in [-0.2, -0.15) is 10.1 Å². The van der Waals surface area contributed by atoms with Gasteiger partial charge in [-0.3, -0.25) is 0 Å². The fourth-order valence-electron chi connectivity index (χ4n) is 3.07. The van der Waals surface area contributed by atoms with Crippen molar-refractivity contribution in [1.82, 2.24) is 19.7 Å². The lowest BCUT2D eigenvalue weighted by molar-refractivity contribution is -0.137. The molecule has 4 aromatic rings. The summed E-state index contributed by atoms with van der Waals surface area (Å²) in [5.41, 5.74) is 2.93. The van der Waals surface area contributed by atoms with Gasteiger partial charge >= 0.3 is 5.97 Å². The molecule has 33 heavy (non-hydrogen) atoms. The van der Waals surface area contributed by atoms with Crippen molar-refractivity contribution in [2.24, 2.45) is 0 Å². The summed E-state index contributed by atoms with van der Waals surface area (Å²) < 4.78 is 20.0. The largest absolute Gasteiger partial charge is 0.463 e. The smallest absolute Gasteiger partial charge is 0.330 e. The van der Waals surface area contributed by atoms with Gasteiger partial charge in [0.05, 0.1) is 11.6 Å². The van der Waals surface area contributed by atoms with Gasteiger partial charge in [0.25, 0.3) is 0 Å². The van der Waals surface area contributed by atoms with Crippen LogP contribution < -0.4 is 5.32 Å². The molecule has 0 fully saturated rings. The molecule has 0 aliphatic carbocycles. The Morgan fingerprint density at radius 3 is 2.88 bits per heavy atom. The quantitative estimate of drug-likeness (QED) is 0.290. The van der Waals surface area contributed by atoms with Crippen LogP contribution in [-0.2, 0) is 9.53 Å². The Hall–Kier alpha value is -4.04. The molecule has 4 rings (SSSR count). The topological polar surface area (TPSA) is 81.9 Å². The number of anilines is 2. The summed E-state index contributed by atoms with van der Waals surface area (Å²) in [5, 5.41) is 7.33. The minimum Gasteiger partial charge on any atom is -0.463 e. The van der Waals surface area contributed by atoms with Crippen molar-refractivity contribution in [3.63, 3.8) is 0 Å². The maximum atomic E-state index is 13.5. The average Bonchev–Trinajstić information content (AvgIpc) is 3.35. The predicted octanol–water partition coefficient (Wildman–Crippen LogP) is 5.44. The van der Waals surface area contributed by atoms with Gasteiger partial charge in [0, 0.05) is 35.9 Å². The number of halogens is 2. The van der Waals surface area contributed by atoms with E-state index in [0.29, 0.717) is 24.1 Å². The monoisotopic (exact) mass is 463 g/mol. The third-order valence-electron chi connectivity index (χ3n) is 4.56. The van der Waals surface area contributed by atoms with Gasteiger partial charge in [-0.05, 0) is 54.5 Å². The maximum Gasteiger partial charge on any atom is 0.330 e. The van der Waals surface area contributed by atoms with Crippen molar-refractivity contribution in [2.45, 2.75) is 6.92 Å². The third-order valence-corrected chi connectivity index (χ3v) is 4.85. The zero-order chi connectivity index (χ0) is 23.2. The number of esters is 1. The highest BCUT2D eigenvalue weighted by atomic mass is 35.5. The van der Waals surface area contributed by atoms with Gasteiger partial charge in [0.2, 0.25) is 5.95 Å². The second kappa shape index (κ2) is 10.1. The van der Waals surface area contributed by atoms with Crippen LogP contribution in [0.25, 0.3) is 23.0 Å². The second-order valence-corrected chi connectivity index (χ2v) is 7.25. The van der Waals surface area contributed by atoms with E-state index >= 15 is 0 Å². The number of nitrogens with one attached hydrogen (secondary N) is 1. The van der Waals surface area contributed by atoms with E-state index in [1.165, 1.54) is 18.2 Å². The highest BCUT2D eigenvalue weighted by Gasteiger charge is 2.13. The fourth-order valence-corrected chi connectivity index (χ4v) is 3.25. The standard InChI is InChI=1S/C24H19ClFN5O2/c1-2-33-22(32)10-7-16-5-3-6-17(13-16)19-15-27-24(30-23(19)31-12-4-11-28-31)29-18-8-9-21(26)20(25)14-18/h3-15H,2H2,1H3,(H,27,29,30). The molecule has 2 aromatic heterocycles. The van der Waals surface area contributed by atoms with E-state index in [4.69, 9.17) is 16.3 Å². The molecule has 2 heterocycles. The first-order chi connectivity index (χ1) is 16.0. The molecule has 0 bridgehead atoms. The van der Waals surface area contributed by atoms with Gasteiger partial charge < -0.3 is 10.1 Å². The van der Waals surface area contributed by atoms with Gasteiger partial charge in [0.1, 0.15) is 5.82 Å². The van der Waals surface area contributed by atoms with Gasteiger partial charge in [-0.25, -0.2) is 18.9 Å². The van der Waals surface area contributed by atoms with E-state index in [0.717, 1.165) is 16.7 Å². The minimum atomic E-state index is -0.507. The molecule has 0 atom stereocenters. The zero-order valence-electron chi connectivity index (χ0n) is 17.6. The summed E-state index contributed by atoms with van der Waals surface area (Å²) in [5.74, 6) is -0.0742. The lowest BCUT2D eigenvalue weighted by Gasteiger charge is -2.12. The van der Waals surface area contributed by atoms with Crippen LogP contribution in [0.15, 0.2) is 73.2 Å². The van der Waals surface area contributed by atoms with E-state index in [9.17, 15) is 9.18 Å². The maximum absolute atomic E-state index is 13.5. The van der Waals surface area contributed by atoms with Crippen LogP contribution in [0.2, 0.25) is 5.02 Å². The average molecular weight is 464 g/mol. The number of carbonyl (C=O) groups is 1. The van der Waals surface area contributed by atoms with E-state index in [-0.39, 0.29) is 5.02 Å². The SMILES string of the molecule is CCOC(=O)C=Cc1cccc(-c2cnc(Nc3ccc(F)c(Cl)c3)nc2-n2cccn2)c1. The summed E-state index contributed by atoms with van der Waals surface area (Å²) in [6.45, 7) is 2.07. The normalized spacial score (nSPS) is 11.0. The molecule has 0 saturated carbocycles. The zero-order valence-corrected chi connectivity index (χ0v) is 18.3. The van der Waals surface area contributed by atoms with Gasteiger partial charge in [-0.1, -0.05) is 29.8 Å². The first-order valence-corrected chi connectivity index (χ1v) is 10.5. The minimum absolute atomic E-state index is 0.00314. The number of nitrogens with zero attached hydrogens (tertiary/aromatic N) is 4. The van der Waals surface area contributed by atoms with Crippen molar-refractivity contribution in [3.05, 3.63) is 89.6 Å². The molecule has 1 N–H and O–H groups in total. The molecular formula is C24H19ClFN5O2. The molecule has 166 valence electrons. The van der Waals surface area contributed by atoms with Crippen molar-refractivity contribution in [1.29, 1.82) is 0 Å². The molecule has 0 unspecified atom stereocenters. The van der Waals surface area contributed by atoms with Gasteiger partial charge in [-0.15, -0.1) is 0 Å². The summed E-state index contributed by atoms with van der Waals surface area (Å²) in [7, 11) is 0. The summed E-state index contributed by atoms with van der Waals surface area (Å²) >= 11 is 5.87. The van der Waals surface area contributed by atoms with Crippen LogP contribution in [0, 0.1) is 5.82 Å². The number of ether oxygens (including phenoxy) is 1. The molecule has 2 aromatic carbocycles. The first-order valence-electron chi connectivity index (χ1n) is 10.1. The van der Waals surface area contributed by atoms with E-state index in [2.05, 4.69) is 20.4 Å². The molecule has 0 saturated heterocycles. The van der Waals surface area contributed by atoms with Crippen LogP contribution in [0.5, 0.6) is 0 Å². The molecule has 0 aliphatic rings. The number of benzene rings is 2. The van der Waals surface area contributed by atoms with E-state index < -0.39 is 11.8 Å². The van der Waals surface area contributed by atoms with Crippen LogP contribution >= 0.6 is 11.6 Å². The second-order valence-electron chi connectivity index (χ2n) is 6.85. The van der Waals surface area contributed by atoms with Crippen LogP contribution in [0.4, 0.5) is 16.0 Å². The predicted molar refractivity (Wildman–Crippen MR) is 125 cm³/mol. The molecule has 0 radical (unpaired) electrons. The number of hydrogen-bond donors (Lipinski definition) is 1. The molecule has 0 amide bonds. The molecule has 9 heteroatoms. The van der Waals surface area contributed by atoms with E-state index in [1.807, 2.05) is 24.3 Å². The number of aromatic nitrogens is 4. The lowest BCUT2D eigenvalue weighted by Crippen LogP contribution is -2.06. The van der Waals surface area contributed by atoms with E-state index in [1.54, 1.807) is 48.4 Å². The Morgan fingerprint density at radius 2 is 2.12 bits per heavy atom. The van der Waals surface area contributed by atoms with Crippen molar-refractivity contribution in [3.8, 4) is 16.9 Å². The lowest BCUT2D eigenvalue weighted by atomic mass is 10.0. The van der Waals surface area contributed by atoms with Gasteiger partial charge in [0.15, 0.2) is 5.82 Å². The number of rotatable bonds is 7. The van der Waals surface area contributed by atoms with Crippen LogP contribution in [-0.4, -0.2) is 32.3 Å². The highest BCUT2D eigenvalue weighted by molar-refractivity contribution is 6.31.